The van der Waals surface area contributed by atoms with Gasteiger partial charge < -0.3 is 21.3 Å². The summed E-state index contributed by atoms with van der Waals surface area (Å²) in [5.41, 5.74) is 14.5. The van der Waals surface area contributed by atoms with Gasteiger partial charge in [-0.25, -0.2) is 15.1 Å². The van der Waals surface area contributed by atoms with E-state index >= 15 is 0 Å². The third-order valence-electron chi connectivity index (χ3n) is 9.26. The average molecular weight is 625 g/mol. The lowest BCUT2D eigenvalue weighted by atomic mass is 9.84. The number of aryl methyl sites for hydroxylation is 1. The first-order valence-corrected chi connectivity index (χ1v) is 14.9. The van der Waals surface area contributed by atoms with E-state index in [-0.39, 0.29) is 31.6 Å². The van der Waals surface area contributed by atoms with E-state index < -0.39 is 47.4 Å². The van der Waals surface area contributed by atoms with Gasteiger partial charge in [0, 0.05) is 11.3 Å². The Hall–Kier alpha value is -5.47. The van der Waals surface area contributed by atoms with Crippen molar-refractivity contribution in [3.8, 4) is 11.1 Å². The Balaban J connectivity index is 1.15. The molecule has 0 bridgehead atoms. The van der Waals surface area contributed by atoms with Crippen molar-refractivity contribution in [1.29, 1.82) is 0 Å². The van der Waals surface area contributed by atoms with Crippen LogP contribution >= 0.6 is 0 Å². The Kier molecular flexibility index (Phi) is 6.72. The number of hydrogen-bond donors (Lipinski definition) is 7. The molecule has 14 heteroatoms. The molecule has 2 fully saturated rings. The van der Waals surface area contributed by atoms with Gasteiger partial charge in [-0.3, -0.25) is 35.0 Å². The number of nitrogens with zero attached hydrogens (tertiary/aromatic N) is 4. The molecule has 1 unspecified atom stereocenters. The van der Waals surface area contributed by atoms with Crippen molar-refractivity contribution in [2.24, 2.45) is 16.5 Å². The number of rotatable bonds is 6. The Morgan fingerprint density at radius 1 is 1.07 bits per heavy atom. The number of anilines is 1. The molecule has 7 rings (SSSR count). The van der Waals surface area contributed by atoms with Crippen molar-refractivity contribution in [2.75, 3.05) is 24.5 Å². The van der Waals surface area contributed by atoms with Gasteiger partial charge in [-0.2, -0.15) is 0 Å². The number of aliphatic imine (C=N–C) groups is 1. The molecule has 1 spiro atoms. The lowest BCUT2D eigenvalue weighted by Crippen LogP contribution is -2.90. The molecule has 46 heavy (non-hydrogen) atoms. The Morgan fingerprint density at radius 2 is 1.80 bits per heavy atom. The largest absolute Gasteiger partial charge is 0.370 e. The summed E-state index contributed by atoms with van der Waals surface area (Å²) in [4.78, 5) is 51.4. The molecular formula is C32H34N9O5+. The highest BCUT2D eigenvalue weighted by atomic mass is 16.5. The minimum atomic E-state index is -2.65. The molecule has 2 saturated heterocycles. The number of carbonyl (C=O) groups is 3. The molecule has 4 aliphatic heterocycles. The number of para-hydroxylation sites is 1. The minimum absolute atomic E-state index is 0.0141. The van der Waals surface area contributed by atoms with Crippen LogP contribution in [0.3, 0.4) is 0 Å². The number of benzene rings is 3. The fourth-order valence-corrected chi connectivity index (χ4v) is 7.00. The van der Waals surface area contributed by atoms with Gasteiger partial charge in [-0.15, -0.1) is 0 Å². The summed E-state index contributed by atoms with van der Waals surface area (Å²) < 4.78 is 0. The summed E-state index contributed by atoms with van der Waals surface area (Å²) >= 11 is 0. The second-order valence-electron chi connectivity index (χ2n) is 11.9. The van der Waals surface area contributed by atoms with Crippen molar-refractivity contribution < 1.29 is 29.6 Å². The zero-order valence-corrected chi connectivity index (χ0v) is 24.9. The normalized spacial score (nSPS) is 26.3. The maximum Gasteiger partial charge on any atom is 0.343 e. The zero-order chi connectivity index (χ0) is 32.4. The van der Waals surface area contributed by atoms with Gasteiger partial charge in [0.05, 0.1) is 13.1 Å². The maximum atomic E-state index is 13.5. The zero-order valence-electron chi connectivity index (χ0n) is 24.9. The summed E-state index contributed by atoms with van der Waals surface area (Å²) in [6.07, 6.45) is 0. The first kappa shape index (κ1) is 29.3. The van der Waals surface area contributed by atoms with Crippen molar-refractivity contribution in [2.45, 2.75) is 36.5 Å². The number of hydrogen-bond acceptors (Lipinski definition) is 10. The molecule has 0 saturated carbocycles. The van der Waals surface area contributed by atoms with Crippen LogP contribution < -0.4 is 32.0 Å². The molecule has 3 aromatic rings. The first-order chi connectivity index (χ1) is 22.0. The fraction of sp³-hybridized carbons (Fsp3) is 0.281. The molecule has 9 N–H and O–H groups in total. The molecule has 3 aromatic carbocycles. The van der Waals surface area contributed by atoms with Crippen LogP contribution in [0.25, 0.3) is 11.1 Å². The quantitative estimate of drug-likeness (QED) is 0.119. The van der Waals surface area contributed by atoms with E-state index in [2.05, 4.69) is 20.6 Å². The van der Waals surface area contributed by atoms with E-state index in [9.17, 15) is 24.6 Å². The number of nitrogens with two attached hydrogens (primary N) is 2. The van der Waals surface area contributed by atoms with Crippen LogP contribution in [0.2, 0.25) is 0 Å². The molecular weight excluding hydrogens is 590 g/mol. The van der Waals surface area contributed by atoms with E-state index in [4.69, 9.17) is 11.5 Å². The smallest absolute Gasteiger partial charge is 0.343 e. The first-order valence-electron chi connectivity index (χ1n) is 14.9. The van der Waals surface area contributed by atoms with Crippen LogP contribution in [0.15, 0.2) is 83.9 Å². The number of amides is 4. The van der Waals surface area contributed by atoms with Gasteiger partial charge in [-0.05, 0) is 47.9 Å². The van der Waals surface area contributed by atoms with Crippen molar-refractivity contribution in [3.05, 3.63) is 90.0 Å². The van der Waals surface area contributed by atoms with Crippen LogP contribution in [0.5, 0.6) is 0 Å². The van der Waals surface area contributed by atoms with E-state index in [1.807, 2.05) is 43.3 Å². The van der Waals surface area contributed by atoms with Gasteiger partial charge in [0.25, 0.3) is 17.5 Å². The van der Waals surface area contributed by atoms with Gasteiger partial charge in [-0.1, -0.05) is 54.6 Å². The van der Waals surface area contributed by atoms with Crippen molar-refractivity contribution >= 4 is 35.5 Å². The van der Waals surface area contributed by atoms with Gasteiger partial charge >= 0.3 is 12.0 Å². The summed E-state index contributed by atoms with van der Waals surface area (Å²) in [7, 11) is 0. The number of nitrogens with one attached hydrogen (secondary N) is 3. The second kappa shape index (κ2) is 10.6. The van der Waals surface area contributed by atoms with E-state index in [1.54, 1.807) is 42.5 Å². The third-order valence-corrected chi connectivity index (χ3v) is 9.26. The number of guanidine groups is 2. The highest BCUT2D eigenvalue weighted by Crippen LogP contribution is 2.41. The maximum absolute atomic E-state index is 13.5. The summed E-state index contributed by atoms with van der Waals surface area (Å²) in [5.74, 6) is -3.67. The van der Waals surface area contributed by atoms with Crippen molar-refractivity contribution in [1.82, 2.24) is 20.4 Å². The van der Waals surface area contributed by atoms with Gasteiger partial charge in [0.15, 0.2) is 12.0 Å². The third kappa shape index (κ3) is 4.36. The number of urea groups is 1. The second-order valence-corrected chi connectivity index (χ2v) is 11.9. The van der Waals surface area contributed by atoms with Crippen LogP contribution in [0.1, 0.15) is 15.9 Å². The summed E-state index contributed by atoms with van der Waals surface area (Å²) in [5, 5.41) is 29.4. The SMILES string of the molecule is Cc1ccccc1-c1cccc(C(=O)NC2CN3C(N)=N[C@@H](CN4C(=O)CN(c5ccccc5)C4=O)[C@@H]4[NH+]=C(N)N[C@@]43C2(O)O)c1. The lowest BCUT2D eigenvalue weighted by molar-refractivity contribution is -0.521. The summed E-state index contributed by atoms with van der Waals surface area (Å²) in [6, 6.07) is 20.0. The lowest BCUT2D eigenvalue weighted by Gasteiger charge is -2.46. The minimum Gasteiger partial charge on any atom is -0.370 e. The number of aliphatic hydroxyl groups is 2. The van der Waals surface area contributed by atoms with Gasteiger partial charge in [0.2, 0.25) is 5.79 Å². The fourth-order valence-electron chi connectivity index (χ4n) is 7.00. The monoisotopic (exact) mass is 624 g/mol. The molecule has 4 atom stereocenters. The highest BCUT2D eigenvalue weighted by Gasteiger charge is 2.76. The Bertz CT molecular complexity index is 1810. The highest BCUT2D eigenvalue weighted by molar-refractivity contribution is 6.12. The number of carbonyl (C=O) groups excluding carboxylic acids is 3. The summed E-state index contributed by atoms with van der Waals surface area (Å²) in [6.45, 7) is 1.50. The predicted molar refractivity (Wildman–Crippen MR) is 168 cm³/mol. The van der Waals surface area contributed by atoms with Crippen LogP contribution in [-0.4, -0.2) is 99.0 Å². The van der Waals surface area contributed by atoms with Gasteiger partial charge in [0.1, 0.15) is 18.6 Å². The molecule has 0 aliphatic carbocycles. The molecule has 4 heterocycles. The number of imide groups is 1. The Labute approximate surface area is 264 Å². The van der Waals surface area contributed by atoms with E-state index in [1.165, 1.54) is 9.80 Å². The predicted octanol–water partition coefficient (Wildman–Crippen LogP) is -2.01. The standard InChI is InChI=1S/C32H33N9O5/c1-18-8-5-6-13-22(18)19-9-7-10-20(14-19)27(43)36-24-16-41-29(34)35-23(26-31(41,32(24,45)46)38-28(33)37-26)15-40-25(42)17-39(30(40)44)21-11-3-2-4-12-21/h2-14,23-24,26,45-46H,15-17H2,1H3,(H2,34,35)(H,36,43)(H3,33,37,38)/p+1/t23-,24?,26-,31-/m0/s1. The average Bonchev–Trinajstić information content (AvgIpc) is 3.62. The topological polar surface area (TPSA) is 204 Å². The molecule has 4 amide bonds. The molecule has 0 aromatic heterocycles. The Morgan fingerprint density at radius 3 is 2.57 bits per heavy atom. The molecule has 0 radical (unpaired) electrons. The van der Waals surface area contributed by atoms with Crippen LogP contribution in [-0.2, 0) is 4.79 Å². The van der Waals surface area contributed by atoms with Crippen LogP contribution in [0.4, 0.5) is 10.5 Å². The van der Waals surface area contributed by atoms with E-state index in [0.29, 0.717) is 11.3 Å². The van der Waals surface area contributed by atoms with E-state index in [0.717, 1.165) is 21.6 Å². The van der Waals surface area contributed by atoms with Crippen molar-refractivity contribution in [3.63, 3.8) is 0 Å². The molecule has 14 nitrogen and oxygen atoms in total. The molecule has 4 aliphatic rings. The van der Waals surface area contributed by atoms with Crippen LogP contribution in [0, 0.1) is 6.92 Å². The molecule has 236 valence electrons.